The van der Waals surface area contributed by atoms with Crippen LogP contribution < -0.4 is 11.5 Å². The molecule has 1 rings (SSSR count). The third-order valence-corrected chi connectivity index (χ3v) is 0.936. The maximum atomic E-state index is 5.37. The zero-order chi connectivity index (χ0) is 5.98. The van der Waals surface area contributed by atoms with Crippen molar-refractivity contribution in [2.24, 2.45) is 0 Å². The molecule has 0 saturated heterocycles. The van der Waals surface area contributed by atoms with Gasteiger partial charge in [-0.05, 0) is 24.3 Å². The van der Waals surface area contributed by atoms with E-state index in [9.17, 15) is 0 Å². The van der Waals surface area contributed by atoms with Gasteiger partial charge in [-0.2, -0.15) is 0 Å². The zero-order valence-corrected chi connectivity index (χ0v) is 8.85. The Hall–Kier alpha value is -0.258. The molecule has 3 heteroatoms. The van der Waals surface area contributed by atoms with Crippen LogP contribution in [0.5, 0.6) is 0 Å². The Morgan fingerprint density at radius 2 is 1.00 bits per heavy atom. The maximum Gasteiger partial charge on any atom is 0.0315 e. The van der Waals surface area contributed by atoms with E-state index in [1.165, 1.54) is 0 Å². The molecule has 1 aromatic carbocycles. The monoisotopic (exact) mass is 316 g/mol. The summed E-state index contributed by atoms with van der Waals surface area (Å²) in [5, 5.41) is 0. The molecule has 0 aromatic heterocycles. The molecular weight excluding hydrogens is 307 g/mol. The molecule has 0 amide bonds. The molecular formula is C6H8N2Pb. The van der Waals surface area contributed by atoms with Gasteiger partial charge in [-0.25, -0.2) is 0 Å². The van der Waals surface area contributed by atoms with E-state index in [1.807, 2.05) is 0 Å². The molecule has 0 spiro atoms. The fourth-order valence-electron chi connectivity index (χ4n) is 0.496. The van der Waals surface area contributed by atoms with E-state index in [1.54, 1.807) is 24.3 Å². The molecule has 0 unspecified atom stereocenters. The van der Waals surface area contributed by atoms with Crippen LogP contribution in [0.25, 0.3) is 0 Å². The molecule has 46 valence electrons. The van der Waals surface area contributed by atoms with Crippen molar-refractivity contribution < 1.29 is 0 Å². The van der Waals surface area contributed by atoms with Gasteiger partial charge in [0.15, 0.2) is 0 Å². The average molecular weight is 315 g/mol. The number of anilines is 2. The third-order valence-electron chi connectivity index (χ3n) is 0.936. The third kappa shape index (κ3) is 2.69. The molecule has 9 heavy (non-hydrogen) atoms. The molecule has 0 fully saturated rings. The van der Waals surface area contributed by atoms with Crippen molar-refractivity contribution in [2.45, 2.75) is 0 Å². The van der Waals surface area contributed by atoms with Gasteiger partial charge in [0.2, 0.25) is 0 Å². The Labute approximate surface area is 74.4 Å². The van der Waals surface area contributed by atoms with Crippen molar-refractivity contribution in [3.8, 4) is 0 Å². The summed E-state index contributed by atoms with van der Waals surface area (Å²) in [5.74, 6) is 0. The van der Waals surface area contributed by atoms with E-state index < -0.39 is 0 Å². The fraction of sp³-hybridized carbons (Fsp3) is 0. The summed E-state index contributed by atoms with van der Waals surface area (Å²) in [4.78, 5) is 0. The minimum Gasteiger partial charge on any atom is -0.399 e. The van der Waals surface area contributed by atoms with Crippen LogP contribution in [0.2, 0.25) is 0 Å². The second-order valence-corrected chi connectivity index (χ2v) is 1.67. The molecule has 1 aromatic rings. The summed E-state index contributed by atoms with van der Waals surface area (Å²) < 4.78 is 0. The Bertz CT molecular complexity index is 150. The van der Waals surface area contributed by atoms with Crippen LogP contribution in [0.1, 0.15) is 0 Å². The van der Waals surface area contributed by atoms with E-state index in [-0.39, 0.29) is 27.3 Å². The van der Waals surface area contributed by atoms with Crippen molar-refractivity contribution >= 4 is 38.7 Å². The predicted molar refractivity (Wildman–Crippen MR) is 41.0 cm³/mol. The Morgan fingerprint density at radius 3 is 1.22 bits per heavy atom. The fourth-order valence-corrected chi connectivity index (χ4v) is 0.496. The van der Waals surface area contributed by atoms with Crippen molar-refractivity contribution in [3.63, 3.8) is 0 Å². The zero-order valence-electron chi connectivity index (χ0n) is 4.96. The van der Waals surface area contributed by atoms with Gasteiger partial charge >= 0.3 is 0 Å². The molecule has 2 nitrogen and oxygen atoms in total. The van der Waals surface area contributed by atoms with Crippen LogP contribution in [0, 0.1) is 0 Å². The second-order valence-electron chi connectivity index (χ2n) is 1.67. The van der Waals surface area contributed by atoms with Gasteiger partial charge in [-0.3, -0.25) is 0 Å². The van der Waals surface area contributed by atoms with Gasteiger partial charge in [0.25, 0.3) is 0 Å². The Kier molecular flexibility index (Phi) is 3.60. The SMILES string of the molecule is Nc1ccc(N)cc1.[Pb]. The van der Waals surface area contributed by atoms with E-state index in [2.05, 4.69) is 0 Å². The number of nitrogens with two attached hydrogens (primary N) is 2. The Balaban J connectivity index is 0.000000640. The van der Waals surface area contributed by atoms with Crippen LogP contribution >= 0.6 is 0 Å². The second kappa shape index (κ2) is 3.71. The van der Waals surface area contributed by atoms with E-state index >= 15 is 0 Å². The van der Waals surface area contributed by atoms with E-state index in [0.717, 1.165) is 11.4 Å². The molecule has 0 aliphatic carbocycles. The van der Waals surface area contributed by atoms with Crippen molar-refractivity contribution in [1.82, 2.24) is 0 Å². The van der Waals surface area contributed by atoms with Crippen LogP contribution in [-0.2, 0) is 0 Å². The minimum absolute atomic E-state index is 0. The summed E-state index contributed by atoms with van der Waals surface area (Å²) in [6, 6.07) is 7.09. The van der Waals surface area contributed by atoms with Crippen molar-refractivity contribution in [2.75, 3.05) is 11.5 Å². The summed E-state index contributed by atoms with van der Waals surface area (Å²) in [6.45, 7) is 0. The van der Waals surface area contributed by atoms with Gasteiger partial charge in [-0.15, -0.1) is 0 Å². The molecule has 0 atom stereocenters. The maximum absolute atomic E-state index is 5.37. The molecule has 4 N–H and O–H groups in total. The topological polar surface area (TPSA) is 52.0 Å². The quantitative estimate of drug-likeness (QED) is 0.540. The summed E-state index contributed by atoms with van der Waals surface area (Å²) in [5.41, 5.74) is 12.2. The molecule has 0 bridgehead atoms. The van der Waals surface area contributed by atoms with E-state index in [4.69, 9.17) is 11.5 Å². The van der Waals surface area contributed by atoms with Crippen LogP contribution in [0.4, 0.5) is 11.4 Å². The predicted octanol–water partition coefficient (Wildman–Crippen LogP) is 0.470. The van der Waals surface area contributed by atoms with Crippen LogP contribution in [0.3, 0.4) is 0 Å². The van der Waals surface area contributed by atoms with E-state index in [0.29, 0.717) is 0 Å². The number of benzene rings is 1. The first-order chi connectivity index (χ1) is 3.79. The van der Waals surface area contributed by atoms with Gasteiger partial charge in [-0.1, -0.05) is 0 Å². The van der Waals surface area contributed by atoms with Crippen LogP contribution in [-0.4, -0.2) is 27.3 Å². The number of nitrogen functional groups attached to an aromatic ring is 2. The first-order valence-corrected chi connectivity index (χ1v) is 2.40. The van der Waals surface area contributed by atoms with Gasteiger partial charge in [0.1, 0.15) is 0 Å². The molecule has 4 radical (unpaired) electrons. The summed E-state index contributed by atoms with van der Waals surface area (Å²) >= 11 is 0. The number of hydrogen-bond donors (Lipinski definition) is 2. The molecule has 0 aliphatic rings. The van der Waals surface area contributed by atoms with Gasteiger partial charge in [0.05, 0.1) is 0 Å². The number of rotatable bonds is 0. The molecule has 0 saturated carbocycles. The van der Waals surface area contributed by atoms with Crippen LogP contribution in [0.15, 0.2) is 24.3 Å². The van der Waals surface area contributed by atoms with Crippen molar-refractivity contribution in [1.29, 1.82) is 0 Å². The normalized spacial score (nSPS) is 8.00. The number of hydrogen-bond acceptors (Lipinski definition) is 2. The first-order valence-electron chi connectivity index (χ1n) is 2.40. The molecule has 0 aliphatic heterocycles. The molecule has 0 heterocycles. The van der Waals surface area contributed by atoms with Gasteiger partial charge < -0.3 is 11.5 Å². The summed E-state index contributed by atoms with van der Waals surface area (Å²) in [6.07, 6.45) is 0. The van der Waals surface area contributed by atoms with Crippen molar-refractivity contribution in [3.05, 3.63) is 24.3 Å². The smallest absolute Gasteiger partial charge is 0.0315 e. The Morgan fingerprint density at radius 1 is 0.778 bits per heavy atom. The average Bonchev–Trinajstić information content (AvgIpc) is 1.77. The largest absolute Gasteiger partial charge is 0.399 e. The van der Waals surface area contributed by atoms with Gasteiger partial charge in [0, 0.05) is 38.7 Å². The minimum atomic E-state index is 0. The standard InChI is InChI=1S/C6H8N2.Pb/c7-5-1-2-6(8)4-3-5;/h1-4H,7-8H2;. The summed E-state index contributed by atoms with van der Waals surface area (Å²) in [7, 11) is 0. The first kappa shape index (κ1) is 8.74.